The van der Waals surface area contributed by atoms with Gasteiger partial charge in [0.15, 0.2) is 0 Å². The molecule has 0 bridgehead atoms. The average Bonchev–Trinajstić information content (AvgIpc) is 2.68. The predicted molar refractivity (Wildman–Crippen MR) is 69.9 cm³/mol. The minimum absolute atomic E-state index is 0.243. The Kier molecular flexibility index (Phi) is 3.07. The van der Waals surface area contributed by atoms with Gasteiger partial charge in [0.1, 0.15) is 0 Å². The maximum atomic E-state index is 3.61. The highest BCUT2D eigenvalue weighted by molar-refractivity contribution is 5.38. The second-order valence-electron chi connectivity index (χ2n) is 5.99. The van der Waals surface area contributed by atoms with E-state index in [-0.39, 0.29) is 5.41 Å². The molecule has 0 aliphatic carbocycles. The van der Waals surface area contributed by atoms with E-state index in [1.54, 1.807) is 0 Å². The Bertz CT molecular complexity index is 368. The smallest absolute Gasteiger partial charge is 0.0323 e. The molecule has 1 heteroatoms. The normalized spacial score (nSPS) is 21.4. The minimum Gasteiger partial charge on any atom is -0.310 e. The first-order chi connectivity index (χ1) is 7.48. The lowest BCUT2D eigenvalue weighted by Crippen LogP contribution is -2.20. The van der Waals surface area contributed by atoms with E-state index in [4.69, 9.17) is 0 Å². The van der Waals surface area contributed by atoms with Crippen LogP contribution in [0, 0.1) is 6.92 Å². The summed E-state index contributed by atoms with van der Waals surface area (Å²) in [5.74, 6) is 0. The number of aryl methyl sites for hydroxylation is 1. The zero-order chi connectivity index (χ0) is 11.8. The summed E-state index contributed by atoms with van der Waals surface area (Å²) in [6, 6.07) is 7.49. The van der Waals surface area contributed by atoms with Gasteiger partial charge in [-0.05, 0) is 42.9 Å². The van der Waals surface area contributed by atoms with Gasteiger partial charge in [0.2, 0.25) is 0 Å². The van der Waals surface area contributed by atoms with E-state index in [0.717, 1.165) is 0 Å². The van der Waals surface area contributed by atoms with Crippen LogP contribution in [-0.2, 0) is 5.41 Å². The third-order valence-corrected chi connectivity index (χ3v) is 3.45. The first-order valence-electron chi connectivity index (χ1n) is 6.33. The molecular weight excluding hydrogens is 194 g/mol. The zero-order valence-electron chi connectivity index (χ0n) is 10.9. The molecule has 1 aromatic rings. The van der Waals surface area contributed by atoms with Crippen LogP contribution in [0.3, 0.4) is 0 Å². The first kappa shape index (κ1) is 11.7. The van der Waals surface area contributed by atoms with Crippen LogP contribution in [0.15, 0.2) is 18.2 Å². The van der Waals surface area contributed by atoms with Gasteiger partial charge >= 0.3 is 0 Å². The van der Waals surface area contributed by atoms with E-state index in [1.807, 2.05) is 0 Å². The van der Waals surface area contributed by atoms with Crippen molar-refractivity contribution >= 4 is 0 Å². The van der Waals surface area contributed by atoms with Crippen LogP contribution in [0.4, 0.5) is 0 Å². The molecule has 1 N–H and O–H groups in total. The summed E-state index contributed by atoms with van der Waals surface area (Å²) in [4.78, 5) is 0. The molecule has 0 radical (unpaired) electrons. The van der Waals surface area contributed by atoms with Crippen molar-refractivity contribution in [1.29, 1.82) is 0 Å². The van der Waals surface area contributed by atoms with Crippen LogP contribution >= 0.6 is 0 Å². The molecule has 88 valence electrons. The highest BCUT2D eigenvalue weighted by atomic mass is 14.9. The molecule has 1 fully saturated rings. The van der Waals surface area contributed by atoms with Gasteiger partial charge < -0.3 is 5.32 Å². The van der Waals surface area contributed by atoms with Crippen LogP contribution in [0.5, 0.6) is 0 Å². The molecule has 0 aromatic heterocycles. The number of hydrogen-bond acceptors (Lipinski definition) is 1. The summed E-state index contributed by atoms with van der Waals surface area (Å²) in [5, 5.41) is 3.61. The van der Waals surface area contributed by atoms with Gasteiger partial charge in [-0.15, -0.1) is 0 Å². The Morgan fingerprint density at radius 1 is 1.25 bits per heavy atom. The maximum Gasteiger partial charge on any atom is 0.0323 e. The Morgan fingerprint density at radius 3 is 2.56 bits per heavy atom. The zero-order valence-corrected chi connectivity index (χ0v) is 10.9. The quantitative estimate of drug-likeness (QED) is 0.756. The molecular formula is C15H23N. The van der Waals surface area contributed by atoms with Crippen molar-refractivity contribution in [1.82, 2.24) is 5.32 Å². The summed E-state index contributed by atoms with van der Waals surface area (Å²) < 4.78 is 0. The largest absolute Gasteiger partial charge is 0.310 e. The van der Waals surface area contributed by atoms with Gasteiger partial charge in [-0.25, -0.2) is 0 Å². The number of benzene rings is 1. The van der Waals surface area contributed by atoms with Crippen LogP contribution in [-0.4, -0.2) is 6.54 Å². The van der Waals surface area contributed by atoms with Crippen molar-refractivity contribution in [3.8, 4) is 0 Å². The molecule has 0 saturated carbocycles. The molecule has 0 spiro atoms. The Hall–Kier alpha value is -0.820. The van der Waals surface area contributed by atoms with Gasteiger partial charge in [0.25, 0.3) is 0 Å². The van der Waals surface area contributed by atoms with Crippen molar-refractivity contribution in [2.24, 2.45) is 0 Å². The van der Waals surface area contributed by atoms with E-state index >= 15 is 0 Å². The third kappa shape index (κ3) is 2.30. The van der Waals surface area contributed by atoms with E-state index in [0.29, 0.717) is 6.04 Å². The van der Waals surface area contributed by atoms with Gasteiger partial charge in [-0.2, -0.15) is 0 Å². The Labute approximate surface area is 99.3 Å². The summed E-state index contributed by atoms with van der Waals surface area (Å²) in [6.45, 7) is 10.3. The van der Waals surface area contributed by atoms with Crippen molar-refractivity contribution in [2.75, 3.05) is 6.54 Å². The molecule has 16 heavy (non-hydrogen) atoms. The molecule has 1 aliphatic heterocycles. The second kappa shape index (κ2) is 4.21. The van der Waals surface area contributed by atoms with Crippen molar-refractivity contribution in [3.05, 3.63) is 34.9 Å². The molecule has 1 aromatic carbocycles. The molecule has 1 saturated heterocycles. The number of rotatable bonds is 1. The standard InChI is InChI=1S/C15H23N/c1-11-7-8-13(15(2,3)4)12(10-11)14-6-5-9-16-14/h7-8,10,14,16H,5-6,9H2,1-4H3. The highest BCUT2D eigenvalue weighted by Crippen LogP contribution is 2.33. The summed E-state index contributed by atoms with van der Waals surface area (Å²) in [7, 11) is 0. The lowest BCUT2D eigenvalue weighted by atomic mass is 9.81. The van der Waals surface area contributed by atoms with E-state index in [1.165, 1.54) is 36.1 Å². The molecule has 0 amide bonds. The van der Waals surface area contributed by atoms with Gasteiger partial charge in [0.05, 0.1) is 0 Å². The number of nitrogens with one attached hydrogen (secondary N) is 1. The van der Waals surface area contributed by atoms with Crippen molar-refractivity contribution in [2.45, 2.75) is 52.0 Å². The Morgan fingerprint density at radius 2 is 2.00 bits per heavy atom. The fraction of sp³-hybridized carbons (Fsp3) is 0.600. The Balaban J connectivity index is 2.43. The minimum atomic E-state index is 0.243. The molecule has 1 unspecified atom stereocenters. The summed E-state index contributed by atoms with van der Waals surface area (Å²) in [5.41, 5.74) is 4.63. The van der Waals surface area contributed by atoms with Crippen LogP contribution in [0.1, 0.15) is 56.3 Å². The maximum absolute atomic E-state index is 3.61. The lowest BCUT2D eigenvalue weighted by Gasteiger charge is -2.26. The van der Waals surface area contributed by atoms with Crippen molar-refractivity contribution in [3.63, 3.8) is 0 Å². The number of hydrogen-bond donors (Lipinski definition) is 1. The SMILES string of the molecule is Cc1ccc(C(C)(C)C)c(C2CCCN2)c1. The van der Waals surface area contributed by atoms with E-state index < -0.39 is 0 Å². The monoisotopic (exact) mass is 217 g/mol. The van der Waals surface area contributed by atoms with Gasteiger partial charge in [0, 0.05) is 6.04 Å². The van der Waals surface area contributed by atoms with Crippen molar-refractivity contribution < 1.29 is 0 Å². The fourth-order valence-corrected chi connectivity index (χ4v) is 2.60. The summed E-state index contributed by atoms with van der Waals surface area (Å²) >= 11 is 0. The molecule has 1 nitrogen and oxygen atoms in total. The topological polar surface area (TPSA) is 12.0 Å². The summed E-state index contributed by atoms with van der Waals surface area (Å²) in [6.07, 6.45) is 2.59. The molecule has 1 aliphatic rings. The third-order valence-electron chi connectivity index (χ3n) is 3.45. The predicted octanol–water partition coefficient (Wildman–Crippen LogP) is 3.72. The van der Waals surface area contributed by atoms with Crippen LogP contribution in [0.25, 0.3) is 0 Å². The van der Waals surface area contributed by atoms with E-state index in [2.05, 4.69) is 51.2 Å². The second-order valence-corrected chi connectivity index (χ2v) is 5.99. The first-order valence-corrected chi connectivity index (χ1v) is 6.33. The lowest BCUT2D eigenvalue weighted by molar-refractivity contribution is 0.556. The van der Waals surface area contributed by atoms with E-state index in [9.17, 15) is 0 Å². The average molecular weight is 217 g/mol. The van der Waals surface area contributed by atoms with Gasteiger partial charge in [-0.3, -0.25) is 0 Å². The van der Waals surface area contributed by atoms with Crippen LogP contribution < -0.4 is 5.32 Å². The molecule has 2 rings (SSSR count). The van der Waals surface area contributed by atoms with Crippen LogP contribution in [0.2, 0.25) is 0 Å². The fourth-order valence-electron chi connectivity index (χ4n) is 2.60. The molecule has 1 heterocycles. The highest BCUT2D eigenvalue weighted by Gasteiger charge is 2.24. The van der Waals surface area contributed by atoms with Gasteiger partial charge in [-0.1, -0.05) is 44.5 Å². The molecule has 1 atom stereocenters.